The molecule has 1 aliphatic heterocycles. The van der Waals surface area contributed by atoms with Gasteiger partial charge in [-0.3, -0.25) is 9.59 Å². The summed E-state index contributed by atoms with van der Waals surface area (Å²) in [7, 11) is 2.92. The highest BCUT2D eigenvalue weighted by molar-refractivity contribution is 6.37. The summed E-state index contributed by atoms with van der Waals surface area (Å²) < 4.78 is 10.2. The fourth-order valence-corrected chi connectivity index (χ4v) is 4.08. The second-order valence-corrected chi connectivity index (χ2v) is 8.49. The number of hydrogen-bond acceptors (Lipinski definition) is 6. The van der Waals surface area contributed by atoms with Gasteiger partial charge in [0.1, 0.15) is 5.75 Å². The average Bonchev–Trinajstić information content (AvgIpc) is 3.22. The maximum atomic E-state index is 13.8. The SMILES string of the molecule is COC(=O)CC1=NN(c2ccccc2Cl)C(=O)/C1=C(\Cc1ccc(OC)cc1)NCc1ccccc1. The molecule has 36 heavy (non-hydrogen) atoms. The van der Waals surface area contributed by atoms with Crippen LogP contribution in [0.3, 0.4) is 0 Å². The van der Waals surface area contributed by atoms with Gasteiger partial charge in [0.15, 0.2) is 0 Å². The Labute approximate surface area is 215 Å². The van der Waals surface area contributed by atoms with Crippen molar-refractivity contribution >= 4 is 34.9 Å². The molecule has 7 nitrogen and oxygen atoms in total. The first kappa shape index (κ1) is 25.0. The number of nitrogens with zero attached hydrogens (tertiary/aromatic N) is 2. The molecule has 0 bridgehead atoms. The molecule has 3 aromatic rings. The number of para-hydroxylation sites is 1. The Hall–Kier alpha value is -4.10. The van der Waals surface area contributed by atoms with Gasteiger partial charge >= 0.3 is 5.97 Å². The second kappa shape index (κ2) is 11.6. The zero-order chi connectivity index (χ0) is 25.5. The van der Waals surface area contributed by atoms with Gasteiger partial charge in [0.05, 0.1) is 42.6 Å². The Morgan fingerprint density at radius 2 is 1.61 bits per heavy atom. The number of esters is 1. The number of carbonyl (C=O) groups excluding carboxylic acids is 2. The summed E-state index contributed by atoms with van der Waals surface area (Å²) >= 11 is 6.38. The lowest BCUT2D eigenvalue weighted by Crippen LogP contribution is -2.27. The van der Waals surface area contributed by atoms with Crippen molar-refractivity contribution in [1.29, 1.82) is 0 Å². The summed E-state index contributed by atoms with van der Waals surface area (Å²) in [5.41, 5.74) is 3.73. The monoisotopic (exact) mass is 503 g/mol. The van der Waals surface area contributed by atoms with E-state index in [-0.39, 0.29) is 12.3 Å². The van der Waals surface area contributed by atoms with Crippen LogP contribution in [0, 0.1) is 0 Å². The number of benzene rings is 3. The van der Waals surface area contributed by atoms with Gasteiger partial charge in [0.2, 0.25) is 0 Å². The van der Waals surface area contributed by atoms with Crippen molar-refractivity contribution in [1.82, 2.24) is 5.32 Å². The van der Waals surface area contributed by atoms with Crippen LogP contribution in [0.4, 0.5) is 5.69 Å². The number of amides is 1. The minimum atomic E-state index is -0.494. The van der Waals surface area contributed by atoms with Crippen molar-refractivity contribution < 1.29 is 19.1 Å². The molecule has 0 unspecified atom stereocenters. The normalized spacial score (nSPS) is 14.4. The first-order valence-electron chi connectivity index (χ1n) is 11.4. The van der Waals surface area contributed by atoms with Crippen molar-refractivity contribution in [2.24, 2.45) is 5.10 Å². The Kier molecular flexibility index (Phi) is 8.02. The van der Waals surface area contributed by atoms with E-state index in [1.807, 2.05) is 54.6 Å². The minimum absolute atomic E-state index is 0.155. The summed E-state index contributed by atoms with van der Waals surface area (Å²) in [6, 6.07) is 24.4. The molecule has 0 atom stereocenters. The van der Waals surface area contributed by atoms with Crippen molar-refractivity contribution in [2.45, 2.75) is 19.4 Å². The Morgan fingerprint density at radius 1 is 0.917 bits per heavy atom. The molecule has 3 aromatic carbocycles. The zero-order valence-electron chi connectivity index (χ0n) is 20.0. The van der Waals surface area contributed by atoms with Crippen LogP contribution in [0.1, 0.15) is 17.5 Å². The van der Waals surface area contributed by atoms with Crippen LogP contribution >= 0.6 is 11.6 Å². The van der Waals surface area contributed by atoms with Gasteiger partial charge in [-0.2, -0.15) is 10.1 Å². The quantitative estimate of drug-likeness (QED) is 0.332. The first-order chi connectivity index (χ1) is 17.5. The lowest BCUT2D eigenvalue weighted by atomic mass is 9.99. The number of anilines is 1. The molecule has 0 fully saturated rings. The van der Waals surface area contributed by atoms with Gasteiger partial charge in [-0.05, 0) is 35.4 Å². The van der Waals surface area contributed by atoms with Crippen molar-refractivity contribution in [3.8, 4) is 5.75 Å². The number of halogens is 1. The summed E-state index contributed by atoms with van der Waals surface area (Å²) in [6.07, 6.45) is 0.256. The number of carbonyl (C=O) groups is 2. The topological polar surface area (TPSA) is 80.2 Å². The highest BCUT2D eigenvalue weighted by Gasteiger charge is 2.36. The van der Waals surface area contributed by atoms with Crippen LogP contribution in [-0.4, -0.2) is 31.8 Å². The Bertz CT molecular complexity index is 1300. The van der Waals surface area contributed by atoms with Gasteiger partial charge < -0.3 is 14.8 Å². The highest BCUT2D eigenvalue weighted by Crippen LogP contribution is 2.32. The summed E-state index contributed by atoms with van der Waals surface area (Å²) in [5.74, 6) is -0.127. The molecule has 1 N–H and O–H groups in total. The molecule has 184 valence electrons. The van der Waals surface area contributed by atoms with Gasteiger partial charge in [-0.25, -0.2) is 0 Å². The molecule has 0 aliphatic carbocycles. The van der Waals surface area contributed by atoms with Crippen LogP contribution < -0.4 is 15.1 Å². The van der Waals surface area contributed by atoms with E-state index in [2.05, 4.69) is 10.4 Å². The molecular formula is C28H26ClN3O4. The Morgan fingerprint density at radius 3 is 2.28 bits per heavy atom. The summed E-state index contributed by atoms with van der Waals surface area (Å²) in [4.78, 5) is 26.0. The third-order valence-electron chi connectivity index (χ3n) is 5.73. The van der Waals surface area contributed by atoms with Crippen LogP contribution in [0.25, 0.3) is 0 Å². The predicted molar refractivity (Wildman–Crippen MR) is 140 cm³/mol. The standard InChI is InChI=1S/C28H26ClN3O4/c1-35-21-14-12-19(13-15-21)16-23(30-18-20-8-4-3-5-9-20)27-24(17-26(33)36-2)31-32(28(27)34)25-11-7-6-10-22(25)29/h3-15,30H,16-18H2,1-2H3/b27-23+. The molecule has 1 amide bonds. The van der Waals surface area contributed by atoms with Gasteiger partial charge in [-0.15, -0.1) is 0 Å². The maximum absolute atomic E-state index is 13.8. The molecule has 0 radical (unpaired) electrons. The molecular weight excluding hydrogens is 478 g/mol. The molecule has 0 aromatic heterocycles. The largest absolute Gasteiger partial charge is 0.497 e. The summed E-state index contributed by atoms with van der Waals surface area (Å²) in [5, 5.41) is 9.56. The molecule has 0 saturated carbocycles. The number of rotatable bonds is 9. The molecule has 4 rings (SSSR count). The van der Waals surface area contributed by atoms with Crippen molar-refractivity contribution in [3.05, 3.63) is 106 Å². The molecule has 1 aliphatic rings. The average molecular weight is 504 g/mol. The molecule has 0 spiro atoms. The van der Waals surface area contributed by atoms with Crippen LogP contribution in [0.15, 0.2) is 95.2 Å². The van der Waals surface area contributed by atoms with E-state index < -0.39 is 5.97 Å². The lowest BCUT2D eigenvalue weighted by molar-refractivity contribution is -0.139. The zero-order valence-corrected chi connectivity index (χ0v) is 20.8. The molecule has 8 heteroatoms. The van der Waals surface area contributed by atoms with E-state index in [0.717, 1.165) is 16.9 Å². The number of hydrogen-bond donors (Lipinski definition) is 1. The lowest BCUT2D eigenvalue weighted by Gasteiger charge is -2.17. The molecule has 0 saturated heterocycles. The van der Waals surface area contributed by atoms with E-state index in [9.17, 15) is 9.59 Å². The van der Waals surface area contributed by atoms with E-state index >= 15 is 0 Å². The number of hydrazone groups is 1. The smallest absolute Gasteiger partial charge is 0.311 e. The van der Waals surface area contributed by atoms with Gasteiger partial charge in [0.25, 0.3) is 5.91 Å². The third-order valence-corrected chi connectivity index (χ3v) is 6.05. The number of allylic oxidation sites excluding steroid dienone is 1. The molecule has 1 heterocycles. The highest BCUT2D eigenvalue weighted by atomic mass is 35.5. The van der Waals surface area contributed by atoms with Gasteiger partial charge in [0, 0.05) is 18.7 Å². The fourth-order valence-electron chi connectivity index (χ4n) is 3.86. The Balaban J connectivity index is 1.77. The van der Waals surface area contributed by atoms with E-state index in [1.54, 1.807) is 31.4 Å². The predicted octanol–water partition coefficient (Wildman–Crippen LogP) is 4.90. The van der Waals surface area contributed by atoms with Gasteiger partial charge in [-0.1, -0.05) is 66.2 Å². The fraction of sp³-hybridized carbons (Fsp3) is 0.179. The van der Waals surface area contributed by atoms with E-state index in [4.69, 9.17) is 21.1 Å². The maximum Gasteiger partial charge on any atom is 0.311 e. The minimum Gasteiger partial charge on any atom is -0.497 e. The van der Waals surface area contributed by atoms with Crippen molar-refractivity contribution in [2.75, 3.05) is 19.2 Å². The number of ether oxygens (including phenoxy) is 2. The third kappa shape index (κ3) is 5.75. The van der Waals surface area contributed by atoms with Crippen molar-refractivity contribution in [3.63, 3.8) is 0 Å². The van der Waals surface area contributed by atoms with E-state index in [1.165, 1.54) is 12.1 Å². The van der Waals surface area contributed by atoms with Crippen LogP contribution in [0.5, 0.6) is 5.75 Å². The van der Waals surface area contributed by atoms with E-state index in [0.29, 0.717) is 40.7 Å². The number of methoxy groups -OCH3 is 2. The number of nitrogens with one attached hydrogen (secondary N) is 1. The summed E-state index contributed by atoms with van der Waals surface area (Å²) in [6.45, 7) is 0.487. The first-order valence-corrected chi connectivity index (χ1v) is 11.8. The second-order valence-electron chi connectivity index (χ2n) is 8.09. The van der Waals surface area contributed by atoms with Crippen LogP contribution in [-0.2, 0) is 27.3 Å². The van der Waals surface area contributed by atoms with Crippen LogP contribution in [0.2, 0.25) is 5.02 Å².